The van der Waals surface area contributed by atoms with Crippen molar-refractivity contribution in [2.24, 2.45) is 0 Å². The van der Waals surface area contributed by atoms with Crippen molar-refractivity contribution in [1.82, 2.24) is 20.2 Å². The number of aliphatic hydroxyl groups is 1. The molecule has 114 valence electrons. The van der Waals surface area contributed by atoms with E-state index >= 15 is 0 Å². The molecule has 0 spiro atoms. The molecule has 7 heteroatoms. The maximum absolute atomic E-state index is 9.68. The summed E-state index contributed by atoms with van der Waals surface area (Å²) in [5, 5.41) is 20.5. The van der Waals surface area contributed by atoms with E-state index in [1.165, 1.54) is 0 Å². The normalized spacial score (nSPS) is 12.5. The van der Waals surface area contributed by atoms with Crippen LogP contribution in [0, 0.1) is 0 Å². The van der Waals surface area contributed by atoms with Gasteiger partial charge >= 0.3 is 0 Å². The zero-order valence-electron chi connectivity index (χ0n) is 12.2. The minimum absolute atomic E-state index is 0.197. The number of hydrogen-bond donors (Lipinski definition) is 4. The second kappa shape index (κ2) is 5.98. The average Bonchev–Trinajstić information content (AvgIpc) is 3.05. The maximum atomic E-state index is 9.68. The number of aliphatic hydroxyl groups excluding tert-OH is 1. The Bertz CT molecular complexity index is 771. The molecule has 3 aromatic rings. The molecule has 0 saturated heterocycles. The first-order valence-corrected chi connectivity index (χ1v) is 7.16. The Morgan fingerprint density at radius 1 is 1.32 bits per heavy atom. The van der Waals surface area contributed by atoms with Gasteiger partial charge in [0.25, 0.3) is 0 Å². The third-order valence-electron chi connectivity index (χ3n) is 3.50. The number of aromatic amines is 1. The van der Waals surface area contributed by atoms with Gasteiger partial charge in [-0.2, -0.15) is 10.1 Å². The van der Waals surface area contributed by atoms with Crippen LogP contribution in [-0.2, 0) is 0 Å². The van der Waals surface area contributed by atoms with Crippen molar-refractivity contribution in [2.45, 2.75) is 19.4 Å². The van der Waals surface area contributed by atoms with Crippen molar-refractivity contribution in [3.63, 3.8) is 0 Å². The first-order chi connectivity index (χ1) is 10.7. The molecule has 2 aromatic heterocycles. The molecule has 0 bridgehead atoms. The van der Waals surface area contributed by atoms with Gasteiger partial charge in [-0.15, -0.1) is 0 Å². The Balaban J connectivity index is 1.99. The highest BCUT2D eigenvalue weighted by molar-refractivity contribution is 5.92. The second-order valence-electron chi connectivity index (χ2n) is 5.08. The fourth-order valence-electron chi connectivity index (χ4n) is 2.23. The molecule has 0 radical (unpaired) electrons. The Hall–Kier alpha value is -2.67. The molecule has 22 heavy (non-hydrogen) atoms. The molecule has 0 fully saturated rings. The van der Waals surface area contributed by atoms with Crippen LogP contribution in [0.15, 0.2) is 30.5 Å². The topological polar surface area (TPSA) is 113 Å². The maximum Gasteiger partial charge on any atom is 0.222 e. The fourth-order valence-corrected chi connectivity index (χ4v) is 2.23. The summed E-state index contributed by atoms with van der Waals surface area (Å²) in [6.45, 7) is 2.35. The van der Waals surface area contributed by atoms with E-state index in [0.29, 0.717) is 18.8 Å². The van der Waals surface area contributed by atoms with Crippen molar-refractivity contribution in [1.29, 1.82) is 0 Å². The van der Waals surface area contributed by atoms with E-state index in [2.05, 4.69) is 25.5 Å². The smallest absolute Gasteiger partial charge is 0.222 e. The zero-order chi connectivity index (χ0) is 15.5. The molecule has 1 atom stereocenters. The van der Waals surface area contributed by atoms with E-state index in [-0.39, 0.29) is 5.95 Å². The van der Waals surface area contributed by atoms with Crippen molar-refractivity contribution in [2.75, 3.05) is 17.6 Å². The number of rotatable bonds is 5. The summed E-state index contributed by atoms with van der Waals surface area (Å²) in [5.74, 6) is 0.828. The van der Waals surface area contributed by atoms with Gasteiger partial charge in [0.15, 0.2) is 0 Å². The molecular formula is C15H18N6O. The van der Waals surface area contributed by atoms with Gasteiger partial charge < -0.3 is 16.2 Å². The highest BCUT2D eigenvalue weighted by atomic mass is 16.3. The van der Waals surface area contributed by atoms with Gasteiger partial charge in [-0.25, -0.2) is 4.98 Å². The highest BCUT2D eigenvalue weighted by Crippen LogP contribution is 2.26. The van der Waals surface area contributed by atoms with Gasteiger partial charge in [0.2, 0.25) is 5.95 Å². The monoisotopic (exact) mass is 298 g/mol. The first kappa shape index (κ1) is 14.3. The molecule has 5 N–H and O–H groups in total. The molecule has 0 aliphatic rings. The molecule has 0 unspecified atom stereocenters. The van der Waals surface area contributed by atoms with Crippen LogP contribution in [0.3, 0.4) is 0 Å². The standard InChI is InChI=1S/C15H18N6O/c1-2-10(22)8-17-14-11-4-3-9(12-5-6-18-21-12)7-13(11)19-15(16)20-14/h3-7,10,22H,2,8H2,1H3,(H,18,21)(H3,16,17,19,20)/t10-/m1/s1. The number of nitrogens with two attached hydrogens (primary N) is 1. The van der Waals surface area contributed by atoms with Crippen LogP contribution in [0.4, 0.5) is 11.8 Å². The minimum Gasteiger partial charge on any atom is -0.391 e. The Kier molecular flexibility index (Phi) is 3.88. The Morgan fingerprint density at radius 3 is 2.91 bits per heavy atom. The van der Waals surface area contributed by atoms with Crippen LogP contribution >= 0.6 is 0 Å². The first-order valence-electron chi connectivity index (χ1n) is 7.16. The zero-order valence-corrected chi connectivity index (χ0v) is 12.2. The highest BCUT2D eigenvalue weighted by Gasteiger charge is 2.09. The molecule has 0 aliphatic carbocycles. The van der Waals surface area contributed by atoms with Gasteiger partial charge in [-0.1, -0.05) is 13.0 Å². The number of aromatic nitrogens is 4. The summed E-state index contributed by atoms with van der Waals surface area (Å²) in [4.78, 5) is 8.51. The number of nitrogens with zero attached hydrogens (tertiary/aromatic N) is 3. The lowest BCUT2D eigenvalue weighted by atomic mass is 10.1. The lowest BCUT2D eigenvalue weighted by Crippen LogP contribution is -2.19. The summed E-state index contributed by atoms with van der Waals surface area (Å²) >= 11 is 0. The molecule has 2 heterocycles. The largest absolute Gasteiger partial charge is 0.391 e. The summed E-state index contributed by atoms with van der Waals surface area (Å²) in [6.07, 6.45) is 1.96. The number of hydrogen-bond acceptors (Lipinski definition) is 6. The summed E-state index contributed by atoms with van der Waals surface area (Å²) in [7, 11) is 0. The van der Waals surface area contributed by atoms with Gasteiger partial charge in [-0.05, 0) is 24.6 Å². The Morgan fingerprint density at radius 2 is 2.18 bits per heavy atom. The summed E-state index contributed by atoms with van der Waals surface area (Å²) in [6, 6.07) is 7.73. The molecule has 7 nitrogen and oxygen atoms in total. The molecule has 1 aromatic carbocycles. The number of nitrogens with one attached hydrogen (secondary N) is 2. The third kappa shape index (κ3) is 2.84. The molecule has 0 aliphatic heterocycles. The summed E-state index contributed by atoms with van der Waals surface area (Å²) in [5.41, 5.74) is 8.42. The van der Waals surface area contributed by atoms with Crippen LogP contribution in [-0.4, -0.2) is 37.9 Å². The van der Waals surface area contributed by atoms with Gasteiger partial charge in [0.1, 0.15) is 5.82 Å². The summed E-state index contributed by atoms with van der Waals surface area (Å²) < 4.78 is 0. The van der Waals surface area contributed by atoms with Crippen LogP contribution in [0.25, 0.3) is 22.2 Å². The fraction of sp³-hybridized carbons (Fsp3) is 0.267. The second-order valence-corrected chi connectivity index (χ2v) is 5.08. The van der Waals surface area contributed by atoms with E-state index in [4.69, 9.17) is 5.73 Å². The predicted molar refractivity (Wildman–Crippen MR) is 86.3 cm³/mol. The lowest BCUT2D eigenvalue weighted by molar-refractivity contribution is 0.183. The van der Waals surface area contributed by atoms with Crippen LogP contribution < -0.4 is 11.1 Å². The molecular weight excluding hydrogens is 280 g/mol. The molecule has 0 saturated carbocycles. The van der Waals surface area contributed by atoms with Crippen molar-refractivity contribution in [3.8, 4) is 11.3 Å². The van der Waals surface area contributed by atoms with E-state index in [1.807, 2.05) is 31.2 Å². The number of nitrogen functional groups attached to an aromatic ring is 1. The molecule has 3 rings (SSSR count). The quantitative estimate of drug-likeness (QED) is 0.571. The lowest BCUT2D eigenvalue weighted by Gasteiger charge is -2.12. The van der Waals surface area contributed by atoms with Gasteiger partial charge in [0.05, 0.1) is 17.3 Å². The average molecular weight is 298 g/mol. The third-order valence-corrected chi connectivity index (χ3v) is 3.50. The van der Waals surface area contributed by atoms with Crippen molar-refractivity contribution < 1.29 is 5.11 Å². The van der Waals surface area contributed by atoms with E-state index in [9.17, 15) is 5.11 Å². The number of fused-ring (bicyclic) bond motifs is 1. The van der Waals surface area contributed by atoms with E-state index in [1.54, 1.807) is 6.20 Å². The predicted octanol–water partition coefficient (Wildman–Crippen LogP) is 1.78. The number of anilines is 2. The minimum atomic E-state index is -0.421. The van der Waals surface area contributed by atoms with E-state index in [0.717, 1.165) is 22.2 Å². The van der Waals surface area contributed by atoms with Crippen LogP contribution in [0.5, 0.6) is 0 Å². The van der Waals surface area contributed by atoms with E-state index < -0.39 is 6.10 Å². The van der Waals surface area contributed by atoms with Crippen LogP contribution in [0.2, 0.25) is 0 Å². The van der Waals surface area contributed by atoms with Gasteiger partial charge in [0, 0.05) is 23.7 Å². The Labute approximate surface area is 127 Å². The van der Waals surface area contributed by atoms with Crippen molar-refractivity contribution in [3.05, 3.63) is 30.5 Å². The number of benzene rings is 1. The van der Waals surface area contributed by atoms with Crippen LogP contribution in [0.1, 0.15) is 13.3 Å². The van der Waals surface area contributed by atoms with Gasteiger partial charge in [-0.3, -0.25) is 5.10 Å². The molecule has 0 amide bonds. The SMILES string of the molecule is CC[C@@H](O)CNc1nc(N)nc2cc(-c3ccn[nH]3)ccc12. The number of H-pyrrole nitrogens is 1. The van der Waals surface area contributed by atoms with Crippen molar-refractivity contribution >= 4 is 22.7 Å².